The van der Waals surface area contributed by atoms with Gasteiger partial charge in [0.2, 0.25) is 5.91 Å². The van der Waals surface area contributed by atoms with E-state index in [0.29, 0.717) is 12.6 Å². The predicted molar refractivity (Wildman–Crippen MR) is 66.8 cm³/mol. The quantitative estimate of drug-likeness (QED) is 0.800. The van der Waals surface area contributed by atoms with E-state index in [1.807, 2.05) is 0 Å². The van der Waals surface area contributed by atoms with Crippen LogP contribution in [0.25, 0.3) is 0 Å². The molecular formula is C13H24N2O2. The molecule has 1 N–H and O–H groups in total. The minimum Gasteiger partial charge on any atom is -0.379 e. The van der Waals surface area contributed by atoms with E-state index < -0.39 is 0 Å². The molecular weight excluding hydrogens is 216 g/mol. The Morgan fingerprint density at radius 3 is 2.53 bits per heavy atom. The lowest BCUT2D eigenvalue weighted by molar-refractivity contribution is -0.124. The van der Waals surface area contributed by atoms with Crippen LogP contribution >= 0.6 is 0 Å². The Balaban J connectivity index is 1.66. The van der Waals surface area contributed by atoms with Crippen molar-refractivity contribution in [2.24, 2.45) is 5.92 Å². The van der Waals surface area contributed by atoms with Crippen LogP contribution in [0.1, 0.15) is 32.6 Å². The number of carbonyl (C=O) groups is 1. The van der Waals surface area contributed by atoms with Gasteiger partial charge in [-0.3, -0.25) is 9.69 Å². The maximum absolute atomic E-state index is 11.9. The number of hydrogen-bond acceptors (Lipinski definition) is 3. The summed E-state index contributed by atoms with van der Waals surface area (Å²) < 4.78 is 5.27. The van der Waals surface area contributed by atoms with Crippen LogP contribution in [0.3, 0.4) is 0 Å². The third-order valence-corrected chi connectivity index (χ3v) is 3.85. The Kier molecular flexibility index (Phi) is 4.80. The highest BCUT2D eigenvalue weighted by atomic mass is 16.5. The van der Waals surface area contributed by atoms with Gasteiger partial charge in [0.15, 0.2) is 0 Å². The second-order valence-electron chi connectivity index (χ2n) is 5.41. The highest BCUT2D eigenvalue weighted by Crippen LogP contribution is 2.23. The first-order valence-electron chi connectivity index (χ1n) is 6.83. The summed E-state index contributed by atoms with van der Waals surface area (Å²) in [7, 11) is 0. The Morgan fingerprint density at radius 1 is 1.24 bits per heavy atom. The molecule has 0 aromatic carbocycles. The summed E-state index contributed by atoms with van der Waals surface area (Å²) in [6.45, 7) is 6.12. The van der Waals surface area contributed by atoms with Gasteiger partial charge >= 0.3 is 0 Å². The molecule has 0 aromatic heterocycles. The summed E-state index contributed by atoms with van der Waals surface area (Å²) >= 11 is 0. The van der Waals surface area contributed by atoms with E-state index in [1.54, 1.807) is 0 Å². The number of ether oxygens (including phenoxy) is 1. The molecule has 1 heterocycles. The predicted octanol–water partition coefficient (Wildman–Crippen LogP) is 1.01. The summed E-state index contributed by atoms with van der Waals surface area (Å²) in [5.41, 5.74) is 0. The molecule has 0 spiro atoms. The maximum atomic E-state index is 11.9. The van der Waals surface area contributed by atoms with Crippen molar-refractivity contribution in [3.8, 4) is 0 Å². The molecule has 2 fully saturated rings. The van der Waals surface area contributed by atoms with Gasteiger partial charge in [-0.05, 0) is 31.6 Å². The van der Waals surface area contributed by atoms with Crippen LogP contribution in [0.5, 0.6) is 0 Å². The lowest BCUT2D eigenvalue weighted by Crippen LogP contribution is -2.46. The van der Waals surface area contributed by atoms with Crippen LogP contribution < -0.4 is 5.32 Å². The molecule has 98 valence electrons. The minimum atomic E-state index is 0.187. The molecule has 0 unspecified atom stereocenters. The van der Waals surface area contributed by atoms with Crippen molar-refractivity contribution in [3.05, 3.63) is 0 Å². The van der Waals surface area contributed by atoms with Gasteiger partial charge < -0.3 is 10.1 Å². The van der Waals surface area contributed by atoms with Gasteiger partial charge in [0.05, 0.1) is 19.8 Å². The van der Waals surface area contributed by atoms with Gasteiger partial charge in [0.25, 0.3) is 0 Å². The van der Waals surface area contributed by atoms with Crippen molar-refractivity contribution in [1.82, 2.24) is 10.2 Å². The zero-order valence-electron chi connectivity index (χ0n) is 10.8. The maximum Gasteiger partial charge on any atom is 0.234 e. The smallest absolute Gasteiger partial charge is 0.234 e. The van der Waals surface area contributed by atoms with Crippen LogP contribution in [-0.2, 0) is 9.53 Å². The number of carbonyl (C=O) groups excluding carboxylic acids is 1. The van der Waals surface area contributed by atoms with Gasteiger partial charge in [-0.15, -0.1) is 0 Å². The van der Waals surface area contributed by atoms with Gasteiger partial charge in [-0.25, -0.2) is 0 Å². The van der Waals surface area contributed by atoms with Crippen LogP contribution in [0.2, 0.25) is 0 Å². The lowest BCUT2D eigenvalue weighted by Gasteiger charge is -2.29. The van der Waals surface area contributed by atoms with Crippen LogP contribution in [0.15, 0.2) is 0 Å². The van der Waals surface area contributed by atoms with Crippen molar-refractivity contribution in [2.45, 2.75) is 38.6 Å². The number of amides is 1. The molecule has 2 rings (SSSR count). The SMILES string of the molecule is CC1CCC(NC(=O)CN2CCOCC2)CC1. The monoisotopic (exact) mass is 240 g/mol. The fraction of sp³-hybridized carbons (Fsp3) is 0.923. The lowest BCUT2D eigenvalue weighted by atomic mass is 9.87. The second kappa shape index (κ2) is 6.36. The Labute approximate surface area is 104 Å². The first-order chi connectivity index (χ1) is 8.24. The van der Waals surface area contributed by atoms with E-state index in [-0.39, 0.29) is 5.91 Å². The molecule has 2 aliphatic rings. The van der Waals surface area contributed by atoms with Crippen molar-refractivity contribution < 1.29 is 9.53 Å². The zero-order chi connectivity index (χ0) is 12.1. The Hall–Kier alpha value is -0.610. The van der Waals surface area contributed by atoms with E-state index in [0.717, 1.165) is 45.1 Å². The average molecular weight is 240 g/mol. The minimum absolute atomic E-state index is 0.187. The summed E-state index contributed by atoms with van der Waals surface area (Å²) in [4.78, 5) is 14.0. The highest BCUT2D eigenvalue weighted by Gasteiger charge is 2.21. The molecule has 4 nitrogen and oxygen atoms in total. The van der Waals surface area contributed by atoms with E-state index in [2.05, 4.69) is 17.1 Å². The number of morpholine rings is 1. The Morgan fingerprint density at radius 2 is 1.88 bits per heavy atom. The number of rotatable bonds is 3. The molecule has 1 aliphatic carbocycles. The molecule has 1 amide bonds. The highest BCUT2D eigenvalue weighted by molar-refractivity contribution is 5.78. The third kappa shape index (κ3) is 4.28. The second-order valence-corrected chi connectivity index (χ2v) is 5.41. The third-order valence-electron chi connectivity index (χ3n) is 3.85. The van der Waals surface area contributed by atoms with Crippen molar-refractivity contribution >= 4 is 5.91 Å². The standard InChI is InChI=1S/C13H24N2O2/c1-11-2-4-12(5-3-11)14-13(16)10-15-6-8-17-9-7-15/h11-12H,2-10H2,1H3,(H,14,16). The molecule has 1 saturated carbocycles. The summed E-state index contributed by atoms with van der Waals surface area (Å²) in [6, 6.07) is 0.416. The first-order valence-corrected chi connectivity index (χ1v) is 6.83. The van der Waals surface area contributed by atoms with Crippen molar-refractivity contribution in [3.63, 3.8) is 0 Å². The van der Waals surface area contributed by atoms with Gasteiger partial charge in [0, 0.05) is 19.1 Å². The first kappa shape index (κ1) is 12.8. The fourth-order valence-corrected chi connectivity index (χ4v) is 2.64. The summed E-state index contributed by atoms with van der Waals surface area (Å²) in [5, 5.41) is 3.17. The van der Waals surface area contributed by atoms with Crippen molar-refractivity contribution in [1.29, 1.82) is 0 Å². The van der Waals surface area contributed by atoms with Crippen molar-refractivity contribution in [2.75, 3.05) is 32.8 Å². The molecule has 0 atom stereocenters. The van der Waals surface area contributed by atoms with Crippen LogP contribution in [0.4, 0.5) is 0 Å². The van der Waals surface area contributed by atoms with E-state index in [4.69, 9.17) is 4.74 Å². The largest absolute Gasteiger partial charge is 0.379 e. The van der Waals surface area contributed by atoms with E-state index >= 15 is 0 Å². The molecule has 4 heteroatoms. The molecule has 0 aromatic rings. The molecule has 1 saturated heterocycles. The molecule has 17 heavy (non-hydrogen) atoms. The van der Waals surface area contributed by atoms with E-state index in [1.165, 1.54) is 12.8 Å². The molecule has 0 radical (unpaired) electrons. The van der Waals surface area contributed by atoms with Crippen LogP contribution in [0, 0.1) is 5.92 Å². The molecule has 0 bridgehead atoms. The summed E-state index contributed by atoms with van der Waals surface area (Å²) in [6.07, 6.45) is 4.80. The van der Waals surface area contributed by atoms with E-state index in [9.17, 15) is 4.79 Å². The molecule has 1 aliphatic heterocycles. The van der Waals surface area contributed by atoms with Crippen LogP contribution in [-0.4, -0.2) is 49.7 Å². The normalized spacial score (nSPS) is 31.1. The summed E-state index contributed by atoms with van der Waals surface area (Å²) in [5.74, 6) is 1.02. The fourth-order valence-electron chi connectivity index (χ4n) is 2.64. The van der Waals surface area contributed by atoms with Gasteiger partial charge in [0.1, 0.15) is 0 Å². The number of nitrogens with one attached hydrogen (secondary N) is 1. The number of nitrogens with zero attached hydrogens (tertiary/aromatic N) is 1. The Bertz CT molecular complexity index is 244. The topological polar surface area (TPSA) is 41.6 Å². The van der Waals surface area contributed by atoms with Gasteiger partial charge in [-0.1, -0.05) is 6.92 Å². The average Bonchev–Trinajstić information content (AvgIpc) is 2.33. The number of hydrogen-bond donors (Lipinski definition) is 1. The zero-order valence-corrected chi connectivity index (χ0v) is 10.8. The van der Waals surface area contributed by atoms with Gasteiger partial charge in [-0.2, -0.15) is 0 Å².